The summed E-state index contributed by atoms with van der Waals surface area (Å²) in [5.41, 5.74) is 2.74. The standard InChI is InChI=1S/C15H24N2/c1-4-16-15(11-17(3)14-9-10-14)13-7-5-12(2)6-8-13/h5-8,14-16H,4,9-11H2,1-3H3. The Morgan fingerprint density at radius 3 is 2.47 bits per heavy atom. The summed E-state index contributed by atoms with van der Waals surface area (Å²) in [6.07, 6.45) is 2.76. The van der Waals surface area contributed by atoms with Crippen molar-refractivity contribution < 1.29 is 0 Å². The molecule has 0 aliphatic heterocycles. The molecule has 17 heavy (non-hydrogen) atoms. The molecule has 1 fully saturated rings. The smallest absolute Gasteiger partial charge is 0.0449 e. The van der Waals surface area contributed by atoms with E-state index in [0.29, 0.717) is 6.04 Å². The topological polar surface area (TPSA) is 15.3 Å². The van der Waals surface area contributed by atoms with Crippen molar-refractivity contribution in [2.45, 2.75) is 38.8 Å². The minimum absolute atomic E-state index is 0.464. The van der Waals surface area contributed by atoms with Crippen molar-refractivity contribution in [3.63, 3.8) is 0 Å². The summed E-state index contributed by atoms with van der Waals surface area (Å²) in [7, 11) is 2.25. The number of benzene rings is 1. The molecule has 1 aromatic rings. The molecule has 0 saturated heterocycles. The second-order valence-corrected chi connectivity index (χ2v) is 5.19. The second kappa shape index (κ2) is 5.65. The van der Waals surface area contributed by atoms with Gasteiger partial charge in [0.2, 0.25) is 0 Å². The highest BCUT2D eigenvalue weighted by atomic mass is 15.2. The number of aryl methyl sites for hydroxylation is 1. The zero-order chi connectivity index (χ0) is 12.3. The van der Waals surface area contributed by atoms with Crippen LogP contribution in [0.1, 0.15) is 36.9 Å². The maximum Gasteiger partial charge on any atom is 0.0449 e. The summed E-state index contributed by atoms with van der Waals surface area (Å²) in [5.74, 6) is 0. The van der Waals surface area contributed by atoms with Gasteiger partial charge in [-0.15, -0.1) is 0 Å². The molecule has 1 unspecified atom stereocenters. The average molecular weight is 232 g/mol. The van der Waals surface area contributed by atoms with Gasteiger partial charge in [-0.05, 0) is 38.9 Å². The number of nitrogens with zero attached hydrogens (tertiary/aromatic N) is 1. The van der Waals surface area contributed by atoms with Crippen molar-refractivity contribution >= 4 is 0 Å². The van der Waals surface area contributed by atoms with E-state index in [2.05, 4.69) is 55.4 Å². The van der Waals surface area contributed by atoms with Gasteiger partial charge in [0.15, 0.2) is 0 Å². The van der Waals surface area contributed by atoms with Crippen molar-refractivity contribution in [3.8, 4) is 0 Å². The first-order chi connectivity index (χ1) is 8.20. The molecular weight excluding hydrogens is 208 g/mol. The summed E-state index contributed by atoms with van der Waals surface area (Å²) < 4.78 is 0. The lowest BCUT2D eigenvalue weighted by atomic mass is 10.0. The fourth-order valence-corrected chi connectivity index (χ4v) is 2.29. The van der Waals surface area contributed by atoms with Crippen LogP contribution in [0.5, 0.6) is 0 Å². The first-order valence-electron chi connectivity index (χ1n) is 6.71. The highest BCUT2D eigenvalue weighted by Crippen LogP contribution is 2.27. The number of nitrogens with one attached hydrogen (secondary N) is 1. The van der Waals surface area contributed by atoms with Crippen LogP contribution in [0.3, 0.4) is 0 Å². The lowest BCUT2D eigenvalue weighted by Crippen LogP contribution is -2.34. The fourth-order valence-electron chi connectivity index (χ4n) is 2.29. The molecule has 1 N–H and O–H groups in total. The Kier molecular flexibility index (Phi) is 4.19. The Bertz CT molecular complexity index is 340. The predicted molar refractivity (Wildman–Crippen MR) is 73.2 cm³/mol. The van der Waals surface area contributed by atoms with Crippen LogP contribution in [-0.2, 0) is 0 Å². The summed E-state index contributed by atoms with van der Waals surface area (Å²) >= 11 is 0. The van der Waals surface area contributed by atoms with Gasteiger partial charge in [0.25, 0.3) is 0 Å². The van der Waals surface area contributed by atoms with Gasteiger partial charge in [-0.3, -0.25) is 0 Å². The van der Waals surface area contributed by atoms with E-state index in [1.807, 2.05) is 0 Å². The molecule has 1 saturated carbocycles. The highest BCUT2D eigenvalue weighted by molar-refractivity contribution is 5.24. The first-order valence-corrected chi connectivity index (χ1v) is 6.71. The summed E-state index contributed by atoms with van der Waals surface area (Å²) in [4.78, 5) is 2.49. The van der Waals surface area contributed by atoms with Gasteiger partial charge in [0.1, 0.15) is 0 Å². The average Bonchev–Trinajstić information content (AvgIpc) is 3.13. The molecule has 1 aromatic carbocycles. The van der Waals surface area contributed by atoms with Gasteiger partial charge in [-0.2, -0.15) is 0 Å². The lowest BCUT2D eigenvalue weighted by molar-refractivity contribution is 0.283. The van der Waals surface area contributed by atoms with Crippen LogP contribution in [0, 0.1) is 6.92 Å². The molecule has 0 amide bonds. The quantitative estimate of drug-likeness (QED) is 0.811. The molecule has 0 spiro atoms. The zero-order valence-corrected chi connectivity index (χ0v) is 11.2. The minimum Gasteiger partial charge on any atom is -0.309 e. The van der Waals surface area contributed by atoms with Crippen LogP contribution in [0.15, 0.2) is 24.3 Å². The molecule has 0 aromatic heterocycles. The molecule has 1 aliphatic carbocycles. The number of rotatable bonds is 6. The molecule has 2 heteroatoms. The largest absolute Gasteiger partial charge is 0.309 e. The van der Waals surface area contributed by atoms with E-state index >= 15 is 0 Å². The van der Waals surface area contributed by atoms with Crippen LogP contribution < -0.4 is 5.32 Å². The normalized spacial score (nSPS) is 17.4. The lowest BCUT2D eigenvalue weighted by Gasteiger charge is -2.25. The third-order valence-electron chi connectivity index (χ3n) is 3.57. The van der Waals surface area contributed by atoms with Crippen molar-refractivity contribution in [1.82, 2.24) is 10.2 Å². The van der Waals surface area contributed by atoms with Gasteiger partial charge >= 0.3 is 0 Å². The third kappa shape index (κ3) is 3.55. The van der Waals surface area contributed by atoms with Crippen LogP contribution >= 0.6 is 0 Å². The van der Waals surface area contributed by atoms with Gasteiger partial charge < -0.3 is 10.2 Å². The SMILES string of the molecule is CCNC(CN(C)C1CC1)c1ccc(C)cc1. The first kappa shape index (κ1) is 12.6. The molecular formula is C15H24N2. The number of likely N-dealkylation sites (N-methyl/N-ethyl adjacent to an activating group) is 2. The Morgan fingerprint density at radius 1 is 1.29 bits per heavy atom. The molecule has 1 atom stereocenters. The van der Waals surface area contributed by atoms with E-state index in [9.17, 15) is 0 Å². The van der Waals surface area contributed by atoms with E-state index in [1.54, 1.807) is 0 Å². The van der Waals surface area contributed by atoms with E-state index in [0.717, 1.165) is 19.1 Å². The minimum atomic E-state index is 0.464. The molecule has 1 aliphatic rings. The zero-order valence-electron chi connectivity index (χ0n) is 11.2. The number of hydrogen-bond acceptors (Lipinski definition) is 2. The Balaban J connectivity index is 2.02. The molecule has 0 bridgehead atoms. The maximum atomic E-state index is 3.59. The third-order valence-corrected chi connectivity index (χ3v) is 3.57. The van der Waals surface area contributed by atoms with Gasteiger partial charge in [0.05, 0.1) is 0 Å². The van der Waals surface area contributed by atoms with E-state index < -0.39 is 0 Å². The highest BCUT2D eigenvalue weighted by Gasteiger charge is 2.27. The Labute approximate surface area is 105 Å². The summed E-state index contributed by atoms with van der Waals surface area (Å²) in [5, 5.41) is 3.59. The summed E-state index contributed by atoms with van der Waals surface area (Å²) in [6.45, 7) is 6.46. The van der Waals surface area contributed by atoms with Crippen LogP contribution in [0.4, 0.5) is 0 Å². The molecule has 2 nitrogen and oxygen atoms in total. The maximum absolute atomic E-state index is 3.59. The van der Waals surface area contributed by atoms with Crippen LogP contribution in [-0.4, -0.2) is 31.1 Å². The van der Waals surface area contributed by atoms with E-state index in [-0.39, 0.29) is 0 Å². The molecule has 94 valence electrons. The number of hydrogen-bond donors (Lipinski definition) is 1. The predicted octanol–water partition coefficient (Wildman–Crippen LogP) is 2.74. The van der Waals surface area contributed by atoms with E-state index in [1.165, 1.54) is 24.0 Å². The van der Waals surface area contributed by atoms with Crippen molar-refractivity contribution in [1.29, 1.82) is 0 Å². The van der Waals surface area contributed by atoms with Gasteiger partial charge in [-0.25, -0.2) is 0 Å². The van der Waals surface area contributed by atoms with Crippen LogP contribution in [0.2, 0.25) is 0 Å². The van der Waals surface area contributed by atoms with Crippen molar-refractivity contribution in [3.05, 3.63) is 35.4 Å². The van der Waals surface area contributed by atoms with Gasteiger partial charge in [0, 0.05) is 18.6 Å². The Morgan fingerprint density at radius 2 is 1.94 bits per heavy atom. The molecule has 0 radical (unpaired) electrons. The van der Waals surface area contributed by atoms with Crippen molar-refractivity contribution in [2.75, 3.05) is 20.1 Å². The summed E-state index contributed by atoms with van der Waals surface area (Å²) in [6, 6.07) is 10.2. The van der Waals surface area contributed by atoms with Crippen LogP contribution in [0.25, 0.3) is 0 Å². The second-order valence-electron chi connectivity index (χ2n) is 5.19. The Hall–Kier alpha value is -0.860. The fraction of sp³-hybridized carbons (Fsp3) is 0.600. The monoisotopic (exact) mass is 232 g/mol. The molecule has 0 heterocycles. The molecule has 2 rings (SSSR count). The van der Waals surface area contributed by atoms with Gasteiger partial charge in [-0.1, -0.05) is 36.8 Å². The van der Waals surface area contributed by atoms with E-state index in [4.69, 9.17) is 0 Å². The van der Waals surface area contributed by atoms with Crippen molar-refractivity contribution in [2.24, 2.45) is 0 Å².